The van der Waals surface area contributed by atoms with Gasteiger partial charge in [0.05, 0.1) is 5.60 Å². The van der Waals surface area contributed by atoms with E-state index in [0.717, 1.165) is 30.8 Å². The monoisotopic (exact) mass is 313 g/mol. The molecule has 2 saturated heterocycles. The predicted octanol–water partition coefficient (Wildman–Crippen LogP) is 2.59. The molecule has 0 amide bonds. The summed E-state index contributed by atoms with van der Waals surface area (Å²) in [5, 5.41) is 0. The molecule has 2 rings (SSSR count). The molecule has 2 heterocycles. The number of thioether (sulfide) groups is 1. The van der Waals surface area contributed by atoms with E-state index >= 15 is 0 Å². The lowest BCUT2D eigenvalue weighted by atomic mass is 9.80. The van der Waals surface area contributed by atoms with Crippen LogP contribution in [0.25, 0.3) is 0 Å². The van der Waals surface area contributed by atoms with Gasteiger partial charge < -0.3 is 15.2 Å². The Bertz CT molecular complexity index is 308. The minimum atomic E-state index is -4.26. The highest BCUT2D eigenvalue weighted by Gasteiger charge is 2.41. The number of nitrogens with two attached hydrogens (primary N) is 1. The Kier molecular flexibility index (Phi) is 5.62. The van der Waals surface area contributed by atoms with Gasteiger partial charge in [0.15, 0.2) is 0 Å². The number of hydrogen-bond acceptors (Lipinski definition) is 4. The maximum Gasteiger partial charge on any atom is 0.411 e. The van der Waals surface area contributed by atoms with Crippen LogP contribution < -0.4 is 5.73 Å². The van der Waals surface area contributed by atoms with Crippen molar-refractivity contribution in [1.82, 2.24) is 0 Å². The second-order valence-corrected chi connectivity index (χ2v) is 6.81. The van der Waals surface area contributed by atoms with Crippen LogP contribution in [-0.2, 0) is 9.47 Å². The second kappa shape index (κ2) is 6.85. The summed E-state index contributed by atoms with van der Waals surface area (Å²) < 4.78 is 46.4. The van der Waals surface area contributed by atoms with E-state index in [1.807, 2.05) is 11.8 Å². The van der Waals surface area contributed by atoms with Gasteiger partial charge in [-0.2, -0.15) is 24.9 Å². The summed E-state index contributed by atoms with van der Waals surface area (Å²) in [6.45, 7) is -0.407. The second-order valence-electron chi connectivity index (χ2n) is 5.71. The predicted molar refractivity (Wildman–Crippen MR) is 72.8 cm³/mol. The first-order valence-electron chi connectivity index (χ1n) is 7.02. The SMILES string of the molecule is NC(CCOCC(F)(F)F)C1CCOC2(CCSC2)C1. The van der Waals surface area contributed by atoms with Gasteiger partial charge >= 0.3 is 6.18 Å². The Labute approximate surface area is 121 Å². The smallest absolute Gasteiger partial charge is 0.374 e. The average molecular weight is 313 g/mol. The zero-order valence-corrected chi connectivity index (χ0v) is 12.3. The van der Waals surface area contributed by atoms with E-state index in [-0.39, 0.29) is 18.2 Å². The number of rotatable bonds is 5. The van der Waals surface area contributed by atoms with Gasteiger partial charge in [-0.05, 0) is 37.4 Å². The molecule has 0 bridgehead atoms. The zero-order valence-electron chi connectivity index (χ0n) is 11.5. The largest absolute Gasteiger partial charge is 0.411 e. The lowest BCUT2D eigenvalue weighted by Gasteiger charge is -2.40. The highest BCUT2D eigenvalue weighted by Crippen LogP contribution is 2.41. The number of ether oxygens (including phenoxy) is 2. The van der Waals surface area contributed by atoms with Crippen molar-refractivity contribution in [3.05, 3.63) is 0 Å². The van der Waals surface area contributed by atoms with Gasteiger partial charge in [0.2, 0.25) is 0 Å². The van der Waals surface area contributed by atoms with Crippen LogP contribution in [0.3, 0.4) is 0 Å². The van der Waals surface area contributed by atoms with Crippen molar-refractivity contribution in [2.75, 3.05) is 31.3 Å². The molecule has 2 N–H and O–H groups in total. The fraction of sp³-hybridized carbons (Fsp3) is 1.00. The summed E-state index contributed by atoms with van der Waals surface area (Å²) in [6.07, 6.45) is -0.892. The van der Waals surface area contributed by atoms with Crippen LogP contribution in [0, 0.1) is 5.92 Å². The summed E-state index contributed by atoms with van der Waals surface area (Å²) in [7, 11) is 0. The van der Waals surface area contributed by atoms with Crippen molar-refractivity contribution in [2.24, 2.45) is 11.7 Å². The van der Waals surface area contributed by atoms with Crippen molar-refractivity contribution in [3.63, 3.8) is 0 Å². The van der Waals surface area contributed by atoms with E-state index in [2.05, 4.69) is 4.74 Å². The first kappa shape index (κ1) is 16.4. The van der Waals surface area contributed by atoms with Gasteiger partial charge in [-0.25, -0.2) is 0 Å². The van der Waals surface area contributed by atoms with Crippen molar-refractivity contribution >= 4 is 11.8 Å². The Balaban J connectivity index is 1.70. The quantitative estimate of drug-likeness (QED) is 0.792. The molecular weight excluding hydrogens is 291 g/mol. The molecule has 20 heavy (non-hydrogen) atoms. The average Bonchev–Trinajstić information content (AvgIpc) is 2.81. The van der Waals surface area contributed by atoms with Crippen LogP contribution in [0.1, 0.15) is 25.7 Å². The highest BCUT2D eigenvalue weighted by molar-refractivity contribution is 7.99. The zero-order chi connectivity index (χ0) is 14.6. The van der Waals surface area contributed by atoms with Crippen LogP contribution in [0.2, 0.25) is 0 Å². The van der Waals surface area contributed by atoms with Crippen LogP contribution >= 0.6 is 11.8 Å². The summed E-state index contributed by atoms with van der Waals surface area (Å²) >= 11 is 1.90. The highest BCUT2D eigenvalue weighted by atomic mass is 32.2. The topological polar surface area (TPSA) is 44.5 Å². The molecule has 7 heteroatoms. The van der Waals surface area contributed by atoms with Crippen LogP contribution in [-0.4, -0.2) is 49.1 Å². The molecule has 0 saturated carbocycles. The summed E-state index contributed by atoms with van der Waals surface area (Å²) in [5.74, 6) is 2.47. The fourth-order valence-electron chi connectivity index (χ4n) is 2.94. The Morgan fingerprint density at radius 1 is 1.45 bits per heavy atom. The molecule has 1 spiro atoms. The van der Waals surface area contributed by atoms with Gasteiger partial charge in [0.25, 0.3) is 0 Å². The molecule has 0 radical (unpaired) electrons. The lowest BCUT2D eigenvalue weighted by Crippen LogP contribution is -2.45. The van der Waals surface area contributed by atoms with Crippen molar-refractivity contribution in [3.8, 4) is 0 Å². The molecule has 0 aliphatic carbocycles. The third-order valence-electron chi connectivity index (χ3n) is 4.06. The van der Waals surface area contributed by atoms with Gasteiger partial charge in [0.1, 0.15) is 6.61 Å². The minimum absolute atomic E-state index is 0.0297. The first-order chi connectivity index (χ1) is 9.40. The molecule has 0 aromatic heterocycles. The van der Waals surface area contributed by atoms with E-state index in [4.69, 9.17) is 10.5 Å². The lowest BCUT2D eigenvalue weighted by molar-refractivity contribution is -0.174. The van der Waals surface area contributed by atoms with E-state index in [1.54, 1.807) is 0 Å². The molecule has 3 nitrogen and oxygen atoms in total. The van der Waals surface area contributed by atoms with Gasteiger partial charge in [0, 0.05) is 25.0 Å². The molecule has 0 aromatic rings. The Morgan fingerprint density at radius 3 is 2.90 bits per heavy atom. The third kappa shape index (κ3) is 4.79. The van der Waals surface area contributed by atoms with E-state index in [9.17, 15) is 13.2 Å². The van der Waals surface area contributed by atoms with Crippen molar-refractivity contribution in [1.29, 1.82) is 0 Å². The number of hydrogen-bond donors (Lipinski definition) is 1. The summed E-state index contributed by atoms with van der Waals surface area (Å²) in [4.78, 5) is 0. The van der Waals surface area contributed by atoms with Crippen molar-refractivity contribution < 1.29 is 22.6 Å². The third-order valence-corrected chi connectivity index (χ3v) is 5.29. The summed E-state index contributed by atoms with van der Waals surface area (Å²) in [5.41, 5.74) is 6.10. The maximum atomic E-state index is 12.0. The van der Waals surface area contributed by atoms with E-state index < -0.39 is 12.8 Å². The molecule has 0 aromatic carbocycles. The normalized spacial score (nSPS) is 32.7. The molecule has 2 aliphatic rings. The molecule has 3 atom stereocenters. The minimum Gasteiger partial charge on any atom is -0.374 e. The van der Waals surface area contributed by atoms with Crippen LogP contribution in [0.4, 0.5) is 13.2 Å². The molecule has 118 valence electrons. The number of halogens is 3. The van der Waals surface area contributed by atoms with Gasteiger partial charge in [-0.1, -0.05) is 0 Å². The molecule has 2 fully saturated rings. The number of alkyl halides is 3. The Morgan fingerprint density at radius 2 is 2.25 bits per heavy atom. The summed E-state index contributed by atoms with van der Waals surface area (Å²) in [6, 6.07) is -0.102. The van der Waals surface area contributed by atoms with Crippen LogP contribution in [0.15, 0.2) is 0 Å². The standard InChI is InChI=1S/C13H22F3NO2S/c14-13(15,16)8-18-4-2-11(17)10-1-5-19-12(7-10)3-6-20-9-12/h10-11H,1-9,17H2. The first-order valence-corrected chi connectivity index (χ1v) is 8.17. The van der Waals surface area contributed by atoms with Gasteiger partial charge in [-0.15, -0.1) is 0 Å². The van der Waals surface area contributed by atoms with E-state index in [1.165, 1.54) is 0 Å². The fourth-order valence-corrected chi connectivity index (χ4v) is 4.32. The van der Waals surface area contributed by atoms with Crippen molar-refractivity contribution in [2.45, 2.75) is 43.5 Å². The molecule has 3 unspecified atom stereocenters. The molecular formula is C13H22F3NO2S. The maximum absolute atomic E-state index is 12.0. The molecule has 2 aliphatic heterocycles. The van der Waals surface area contributed by atoms with Crippen LogP contribution in [0.5, 0.6) is 0 Å². The van der Waals surface area contributed by atoms with E-state index in [0.29, 0.717) is 18.9 Å². The Hall–Kier alpha value is 0.0200. The van der Waals surface area contributed by atoms with Gasteiger partial charge in [-0.3, -0.25) is 0 Å².